The summed E-state index contributed by atoms with van der Waals surface area (Å²) < 4.78 is 113. The average Bonchev–Trinajstić information content (AvgIpc) is 2.07. The van der Waals surface area contributed by atoms with Gasteiger partial charge in [0.1, 0.15) is 0 Å². The highest BCUT2D eigenvalue weighted by molar-refractivity contribution is 5.68. The summed E-state index contributed by atoms with van der Waals surface area (Å²) in [5.41, 5.74) is -6.39. The van der Waals surface area contributed by atoms with Gasteiger partial charge in [-0.15, -0.1) is 0 Å². The summed E-state index contributed by atoms with van der Waals surface area (Å²) in [6, 6.07) is 0. The number of nitrogens with one attached hydrogen (secondary N) is 1. The van der Waals surface area contributed by atoms with Crippen LogP contribution in [0.25, 0.3) is 0 Å². The largest absolute Gasteiger partial charge is 0.453 e. The predicted octanol–water partition coefficient (Wildman–Crippen LogP) is 2.77. The molecule has 3 nitrogen and oxygen atoms in total. The van der Waals surface area contributed by atoms with E-state index in [9.17, 15) is 44.3 Å². The number of hydrogen-bond donors (Lipinski definition) is 1. The number of alkyl carbamates (subject to hydrolysis) is 1. The summed E-state index contributed by atoms with van der Waals surface area (Å²) in [5.74, 6) is 0. The zero-order valence-corrected chi connectivity index (χ0v) is 8.22. The highest BCUT2D eigenvalue weighted by Gasteiger charge is 2.85. The lowest BCUT2D eigenvalue weighted by molar-refractivity contribution is -0.386. The highest BCUT2D eigenvalue weighted by atomic mass is 19.4. The Hall–Kier alpha value is -1.36. The van der Waals surface area contributed by atoms with E-state index in [2.05, 4.69) is 4.74 Å². The number of methoxy groups -OCH3 is 1. The monoisotopic (exact) mass is 293 g/mol. The van der Waals surface area contributed by atoms with Crippen LogP contribution in [0.1, 0.15) is 0 Å². The number of amides is 1. The van der Waals surface area contributed by atoms with Crippen LogP contribution in [0.15, 0.2) is 0 Å². The summed E-state index contributed by atoms with van der Waals surface area (Å²) in [6.45, 7) is 0. The number of carbonyl (C=O) groups is 1. The number of ether oxygens (including phenoxy) is 1. The Kier molecular flexibility index (Phi) is 4.06. The lowest BCUT2D eigenvalue weighted by atomic mass is 9.97. The molecule has 0 aromatic carbocycles. The van der Waals surface area contributed by atoms with Crippen LogP contribution in [-0.4, -0.2) is 37.3 Å². The average molecular weight is 293 g/mol. The van der Waals surface area contributed by atoms with Crippen molar-refractivity contribution in [2.75, 3.05) is 7.11 Å². The van der Waals surface area contributed by atoms with Gasteiger partial charge in [-0.25, -0.2) is 4.79 Å². The molecule has 108 valence electrons. The molecule has 1 amide bonds. The molecule has 0 unspecified atom stereocenters. The molecule has 0 aliphatic carbocycles. The first-order valence-electron chi connectivity index (χ1n) is 3.77. The van der Waals surface area contributed by atoms with Gasteiger partial charge in [0.15, 0.2) is 0 Å². The molecule has 0 bridgehead atoms. The van der Waals surface area contributed by atoms with Crippen molar-refractivity contribution in [2.45, 2.75) is 24.1 Å². The summed E-state index contributed by atoms with van der Waals surface area (Å²) in [6.07, 6.45) is -23.1. The van der Waals surface area contributed by atoms with Gasteiger partial charge in [0.05, 0.1) is 7.11 Å². The zero-order valence-electron chi connectivity index (χ0n) is 8.22. The molecule has 0 atom stereocenters. The summed E-state index contributed by atoms with van der Waals surface area (Å²) in [5, 5.41) is -0.236. The minimum Gasteiger partial charge on any atom is -0.453 e. The number of carbonyl (C=O) groups excluding carboxylic acids is 1. The van der Waals surface area contributed by atoms with E-state index >= 15 is 0 Å². The van der Waals surface area contributed by atoms with Gasteiger partial charge < -0.3 is 4.74 Å². The number of hydrogen-bond acceptors (Lipinski definition) is 2. The summed E-state index contributed by atoms with van der Waals surface area (Å²) in [7, 11) is 0.309. The molecule has 12 heteroatoms. The SMILES string of the molecule is COC(=O)NC(C(F)(F)F)(C(F)(F)F)C(F)(F)F. The van der Waals surface area contributed by atoms with Crippen molar-refractivity contribution in [3.8, 4) is 0 Å². The van der Waals surface area contributed by atoms with Crippen LogP contribution in [0.4, 0.5) is 44.3 Å². The van der Waals surface area contributed by atoms with E-state index in [4.69, 9.17) is 0 Å². The van der Waals surface area contributed by atoms with Gasteiger partial charge in [0, 0.05) is 0 Å². The van der Waals surface area contributed by atoms with Crippen molar-refractivity contribution in [1.82, 2.24) is 5.32 Å². The van der Waals surface area contributed by atoms with Crippen molar-refractivity contribution in [2.24, 2.45) is 0 Å². The van der Waals surface area contributed by atoms with Crippen molar-refractivity contribution in [1.29, 1.82) is 0 Å². The third-order valence-corrected chi connectivity index (χ3v) is 1.75. The second-order valence-electron chi connectivity index (χ2n) is 2.86. The molecule has 0 saturated heterocycles. The smallest absolute Gasteiger partial charge is 0.429 e. The fourth-order valence-electron chi connectivity index (χ4n) is 0.899. The molecule has 1 N–H and O–H groups in total. The first-order chi connectivity index (χ1) is 7.70. The van der Waals surface area contributed by atoms with Gasteiger partial charge in [-0.05, 0) is 0 Å². The lowest BCUT2D eigenvalue weighted by Gasteiger charge is -2.38. The Bertz CT molecular complexity index is 278. The van der Waals surface area contributed by atoms with Crippen molar-refractivity contribution in [3.05, 3.63) is 0 Å². The van der Waals surface area contributed by atoms with Gasteiger partial charge >= 0.3 is 30.2 Å². The molecule has 0 aromatic rings. The van der Waals surface area contributed by atoms with E-state index in [1.807, 2.05) is 0 Å². The molecule has 0 aromatic heterocycles. The first-order valence-corrected chi connectivity index (χ1v) is 3.77. The summed E-state index contributed by atoms with van der Waals surface area (Å²) >= 11 is 0. The van der Waals surface area contributed by atoms with E-state index in [-0.39, 0.29) is 5.32 Å². The van der Waals surface area contributed by atoms with Gasteiger partial charge in [0.25, 0.3) is 0 Å². The highest BCUT2D eigenvalue weighted by Crippen LogP contribution is 2.52. The Balaban J connectivity index is 6.00. The summed E-state index contributed by atoms with van der Waals surface area (Å²) in [4.78, 5) is 10.3. The van der Waals surface area contributed by atoms with E-state index in [0.717, 1.165) is 0 Å². The molecule has 0 spiro atoms. The normalized spacial score (nSPS) is 14.3. The van der Waals surface area contributed by atoms with E-state index < -0.39 is 30.2 Å². The van der Waals surface area contributed by atoms with Crippen LogP contribution in [0, 0.1) is 0 Å². The maximum absolute atomic E-state index is 12.2. The predicted molar refractivity (Wildman–Crippen MR) is 36.4 cm³/mol. The van der Waals surface area contributed by atoms with Crippen molar-refractivity contribution >= 4 is 6.09 Å². The van der Waals surface area contributed by atoms with Crippen LogP contribution < -0.4 is 5.32 Å². The standard InChI is InChI=1S/C6H4F9NO2/c1-18-2(17)16-3(4(7,8)9,5(10,11)12)6(13,14)15/h1H3,(H,16,17). The molecular formula is C6H4F9NO2. The molecule has 18 heavy (non-hydrogen) atoms. The molecule has 0 saturated carbocycles. The van der Waals surface area contributed by atoms with Crippen LogP contribution in [0.2, 0.25) is 0 Å². The maximum Gasteiger partial charge on any atom is 0.429 e. The fourth-order valence-corrected chi connectivity index (χ4v) is 0.899. The van der Waals surface area contributed by atoms with Crippen LogP contribution in [0.3, 0.4) is 0 Å². The lowest BCUT2D eigenvalue weighted by Crippen LogP contribution is -2.75. The van der Waals surface area contributed by atoms with E-state index in [0.29, 0.717) is 7.11 Å². The second-order valence-corrected chi connectivity index (χ2v) is 2.86. The number of rotatable bonds is 1. The third-order valence-electron chi connectivity index (χ3n) is 1.75. The van der Waals surface area contributed by atoms with Gasteiger partial charge in [-0.1, -0.05) is 0 Å². The Morgan fingerprint density at radius 1 is 0.833 bits per heavy atom. The van der Waals surface area contributed by atoms with E-state index in [1.54, 1.807) is 0 Å². The van der Waals surface area contributed by atoms with Gasteiger partial charge in [0.2, 0.25) is 0 Å². The second kappa shape index (κ2) is 4.39. The third kappa shape index (κ3) is 2.56. The van der Waals surface area contributed by atoms with Crippen molar-refractivity contribution < 1.29 is 49.0 Å². The van der Waals surface area contributed by atoms with E-state index in [1.165, 1.54) is 0 Å². The van der Waals surface area contributed by atoms with Crippen LogP contribution in [0.5, 0.6) is 0 Å². The topological polar surface area (TPSA) is 38.3 Å². The Morgan fingerprint density at radius 3 is 1.28 bits per heavy atom. The number of halogens is 9. The molecule has 0 radical (unpaired) electrons. The first kappa shape index (κ1) is 16.6. The molecule has 0 heterocycles. The molecule has 0 rings (SSSR count). The Morgan fingerprint density at radius 2 is 1.11 bits per heavy atom. The van der Waals surface area contributed by atoms with Crippen LogP contribution in [-0.2, 0) is 4.74 Å². The van der Waals surface area contributed by atoms with Gasteiger partial charge in [-0.2, -0.15) is 39.5 Å². The minimum absolute atomic E-state index is 0.236. The van der Waals surface area contributed by atoms with Gasteiger partial charge in [-0.3, -0.25) is 5.32 Å². The van der Waals surface area contributed by atoms with Crippen LogP contribution >= 0.6 is 0 Å². The molecule has 0 fully saturated rings. The minimum atomic E-state index is -6.85. The van der Waals surface area contributed by atoms with Crippen molar-refractivity contribution in [3.63, 3.8) is 0 Å². The Labute approximate surface area is 92.9 Å². The molecule has 0 aliphatic heterocycles. The quantitative estimate of drug-likeness (QED) is 0.755. The molecular weight excluding hydrogens is 289 g/mol. The fraction of sp³-hybridized carbons (Fsp3) is 0.833. The molecule has 0 aliphatic rings. The number of alkyl halides is 9. The maximum atomic E-state index is 12.2. The zero-order chi connectivity index (χ0) is 15.0.